The van der Waals surface area contributed by atoms with Crippen molar-refractivity contribution in [1.82, 2.24) is 0 Å². The summed E-state index contributed by atoms with van der Waals surface area (Å²) in [5, 5.41) is 0. The van der Waals surface area contributed by atoms with Gasteiger partial charge in [-0.2, -0.15) is 0 Å². The van der Waals surface area contributed by atoms with Crippen LogP contribution in [0.25, 0.3) is 0 Å². The van der Waals surface area contributed by atoms with Crippen LogP contribution < -0.4 is 5.73 Å². The minimum absolute atomic E-state index is 0.309. The molecule has 0 amide bonds. The lowest BCUT2D eigenvalue weighted by molar-refractivity contribution is 0.866. The van der Waals surface area contributed by atoms with E-state index in [0.29, 0.717) is 9.52 Å². The van der Waals surface area contributed by atoms with Gasteiger partial charge in [0.15, 0.2) is 0 Å². The smallest absolute Gasteiger partial charge is 0.0198 e. The van der Waals surface area contributed by atoms with Crippen LogP contribution in [0.15, 0.2) is 0 Å². The highest BCUT2D eigenvalue weighted by Crippen LogP contribution is 1.97. The maximum Gasteiger partial charge on any atom is 0.0198 e. The Kier molecular flexibility index (Phi) is 8.34. The van der Waals surface area contributed by atoms with Crippen molar-refractivity contribution in [3.05, 3.63) is 0 Å². The molecule has 1 nitrogen and oxygen atoms in total. The minimum Gasteiger partial charge on any atom is -0.330 e. The lowest BCUT2D eigenvalue weighted by Gasteiger charge is -1.95. The van der Waals surface area contributed by atoms with E-state index in [-0.39, 0.29) is 0 Å². The molecule has 0 fully saturated rings. The van der Waals surface area contributed by atoms with Crippen LogP contribution >= 0.6 is 0 Å². The first-order valence-electron chi connectivity index (χ1n) is 4.12. The van der Waals surface area contributed by atoms with Gasteiger partial charge in [0.2, 0.25) is 0 Å². The highest BCUT2D eigenvalue weighted by atomic mass is 28.2. The fourth-order valence-corrected chi connectivity index (χ4v) is 2.77. The zero-order valence-corrected chi connectivity index (χ0v) is 7.94. The molecule has 56 valence electrons. The highest BCUT2D eigenvalue weighted by molar-refractivity contribution is 6.35. The van der Waals surface area contributed by atoms with Gasteiger partial charge in [0, 0.05) is 9.52 Å². The van der Waals surface area contributed by atoms with Crippen LogP contribution in [0.2, 0.25) is 12.1 Å². The average molecular weight is 145 g/mol. The van der Waals surface area contributed by atoms with Gasteiger partial charge in [0.25, 0.3) is 0 Å². The van der Waals surface area contributed by atoms with Gasteiger partial charge >= 0.3 is 0 Å². The zero-order valence-electron chi connectivity index (χ0n) is 6.53. The van der Waals surface area contributed by atoms with E-state index in [4.69, 9.17) is 5.73 Å². The molecular formula is C7H19NSi. The molecule has 0 rings (SSSR count). The van der Waals surface area contributed by atoms with Crippen molar-refractivity contribution in [2.75, 3.05) is 6.54 Å². The van der Waals surface area contributed by atoms with Gasteiger partial charge in [-0.25, -0.2) is 0 Å². The Morgan fingerprint density at radius 1 is 1.22 bits per heavy atom. The number of hydrogen-bond acceptors (Lipinski definition) is 1. The quantitative estimate of drug-likeness (QED) is 0.440. The number of unbranched alkanes of at least 4 members (excludes halogenated alkanes) is 1. The van der Waals surface area contributed by atoms with Crippen molar-refractivity contribution in [2.45, 2.75) is 38.3 Å². The van der Waals surface area contributed by atoms with Gasteiger partial charge in [-0.1, -0.05) is 31.9 Å². The van der Waals surface area contributed by atoms with Crippen molar-refractivity contribution < 1.29 is 0 Å². The molecule has 9 heavy (non-hydrogen) atoms. The van der Waals surface area contributed by atoms with Crippen molar-refractivity contribution in [2.24, 2.45) is 5.73 Å². The Bertz CT molecular complexity index is 42.2. The summed E-state index contributed by atoms with van der Waals surface area (Å²) in [5.41, 5.74) is 5.37. The van der Waals surface area contributed by atoms with Gasteiger partial charge in [-0.15, -0.1) is 0 Å². The summed E-state index contributed by atoms with van der Waals surface area (Å²) < 4.78 is 0. The molecule has 2 N–H and O–H groups in total. The van der Waals surface area contributed by atoms with E-state index in [1.807, 2.05) is 0 Å². The normalized spacial score (nSPS) is 11.3. The Morgan fingerprint density at radius 3 is 2.44 bits per heavy atom. The zero-order chi connectivity index (χ0) is 6.95. The first-order valence-corrected chi connectivity index (χ1v) is 6.12. The lowest BCUT2D eigenvalue weighted by Crippen LogP contribution is -2.00. The summed E-state index contributed by atoms with van der Waals surface area (Å²) in [6, 6.07) is 3.01. The second-order valence-corrected chi connectivity index (χ2v) is 4.68. The third-order valence-electron chi connectivity index (χ3n) is 1.56. The van der Waals surface area contributed by atoms with Crippen molar-refractivity contribution >= 4 is 9.52 Å². The van der Waals surface area contributed by atoms with E-state index in [1.54, 1.807) is 0 Å². The minimum atomic E-state index is 0.309. The van der Waals surface area contributed by atoms with E-state index in [0.717, 1.165) is 6.54 Å². The van der Waals surface area contributed by atoms with Gasteiger partial charge in [0.05, 0.1) is 0 Å². The number of nitrogens with two attached hydrogens (primary N) is 1. The third-order valence-corrected chi connectivity index (χ3v) is 3.56. The van der Waals surface area contributed by atoms with Crippen molar-refractivity contribution in [3.8, 4) is 0 Å². The van der Waals surface area contributed by atoms with Crippen molar-refractivity contribution in [3.63, 3.8) is 0 Å². The van der Waals surface area contributed by atoms with E-state index < -0.39 is 0 Å². The maximum absolute atomic E-state index is 5.37. The molecule has 0 aromatic heterocycles. The van der Waals surface area contributed by atoms with Crippen molar-refractivity contribution in [1.29, 1.82) is 0 Å². The molecule has 0 atom stereocenters. The monoisotopic (exact) mass is 145 g/mol. The molecule has 0 aromatic rings. The van der Waals surface area contributed by atoms with Crippen LogP contribution in [0.4, 0.5) is 0 Å². The van der Waals surface area contributed by atoms with E-state index in [1.165, 1.54) is 31.4 Å². The van der Waals surface area contributed by atoms with Gasteiger partial charge < -0.3 is 5.73 Å². The molecule has 0 aliphatic heterocycles. The molecular weight excluding hydrogens is 126 g/mol. The van der Waals surface area contributed by atoms with E-state index in [9.17, 15) is 0 Å². The summed E-state index contributed by atoms with van der Waals surface area (Å²) in [6.45, 7) is 3.16. The average Bonchev–Trinajstić information content (AvgIpc) is 1.89. The summed E-state index contributed by atoms with van der Waals surface area (Å²) in [7, 11) is 0.309. The standard InChI is InChI=1S/C7H19NSi/c1-2-3-6-9-7-4-5-8/h2-9H2,1H3. The molecule has 0 saturated heterocycles. The molecule has 0 saturated carbocycles. The second kappa shape index (κ2) is 8.18. The van der Waals surface area contributed by atoms with E-state index >= 15 is 0 Å². The predicted octanol–water partition coefficient (Wildman–Crippen LogP) is 1.14. The topological polar surface area (TPSA) is 26.0 Å². The summed E-state index contributed by atoms with van der Waals surface area (Å²) in [6.07, 6.45) is 4.10. The summed E-state index contributed by atoms with van der Waals surface area (Å²) >= 11 is 0. The Labute approximate surface area is 60.8 Å². The molecule has 0 bridgehead atoms. The van der Waals surface area contributed by atoms with Gasteiger partial charge in [-0.3, -0.25) is 0 Å². The highest BCUT2D eigenvalue weighted by Gasteiger charge is 1.86. The van der Waals surface area contributed by atoms with Crippen LogP contribution in [0.5, 0.6) is 0 Å². The predicted molar refractivity (Wildman–Crippen MR) is 46.7 cm³/mol. The first-order chi connectivity index (χ1) is 4.41. The molecule has 0 aromatic carbocycles. The van der Waals surface area contributed by atoms with Crippen LogP contribution in [-0.4, -0.2) is 16.1 Å². The maximum atomic E-state index is 5.37. The molecule has 0 unspecified atom stereocenters. The van der Waals surface area contributed by atoms with Gasteiger partial charge in [0.1, 0.15) is 0 Å². The van der Waals surface area contributed by atoms with Crippen LogP contribution in [0, 0.1) is 0 Å². The van der Waals surface area contributed by atoms with Crippen LogP contribution in [0.1, 0.15) is 26.2 Å². The Morgan fingerprint density at radius 2 is 1.89 bits per heavy atom. The van der Waals surface area contributed by atoms with Gasteiger partial charge in [-0.05, 0) is 13.0 Å². The van der Waals surface area contributed by atoms with E-state index in [2.05, 4.69) is 6.92 Å². The SMILES string of the molecule is CCCC[SiH2]CCCN. The Hall–Kier alpha value is 0.177. The second-order valence-electron chi connectivity index (χ2n) is 2.56. The Balaban J connectivity index is 2.60. The fourth-order valence-electron chi connectivity index (χ4n) is 0.925. The molecule has 0 radical (unpaired) electrons. The third kappa shape index (κ3) is 8.18. The molecule has 0 spiro atoms. The number of hydrogen-bond donors (Lipinski definition) is 1. The molecule has 0 aliphatic rings. The summed E-state index contributed by atoms with van der Waals surface area (Å²) in [5.74, 6) is 0. The molecule has 2 heteroatoms. The van der Waals surface area contributed by atoms with Crippen LogP contribution in [-0.2, 0) is 0 Å². The molecule has 0 heterocycles. The largest absolute Gasteiger partial charge is 0.330 e. The molecule has 0 aliphatic carbocycles. The van der Waals surface area contributed by atoms with Crippen LogP contribution in [0.3, 0.4) is 0 Å². The number of rotatable bonds is 6. The lowest BCUT2D eigenvalue weighted by atomic mass is 10.4. The first kappa shape index (κ1) is 9.18. The fraction of sp³-hybridized carbons (Fsp3) is 1.00. The summed E-state index contributed by atoms with van der Waals surface area (Å²) in [4.78, 5) is 0.